The number of rotatable bonds is 5. The van der Waals surface area contributed by atoms with Gasteiger partial charge in [0.2, 0.25) is 0 Å². The van der Waals surface area contributed by atoms with Crippen LogP contribution in [0, 0.1) is 17.8 Å². The second kappa shape index (κ2) is 12.2. The zero-order valence-corrected chi connectivity index (χ0v) is 22.3. The molecule has 0 amide bonds. The number of ether oxygens (including phenoxy) is 1. The van der Waals surface area contributed by atoms with Crippen LogP contribution in [0.15, 0.2) is 60.9 Å². The van der Waals surface area contributed by atoms with E-state index < -0.39 is 0 Å². The molecule has 0 unspecified atom stereocenters. The molecule has 5 rings (SSSR count). The molecular weight excluding hydrogens is 474 g/mol. The standard InChI is InChI=1S/C31H35N5O2/c1-34-14-11-26(12-15-34)23-35-16-18-36(19-17-35)30-21-28(31(37)38-2)20-29(33-30)27-9-7-24(8-10-27)5-6-25-4-3-13-32-22-25/h3-4,7-10,13,20-22,26H,11-12,14-19,23H2,1-2H3. The number of benzene rings is 1. The third-order valence-electron chi connectivity index (χ3n) is 7.48. The lowest BCUT2D eigenvalue weighted by Crippen LogP contribution is -2.49. The number of carbonyl (C=O) groups is 1. The third kappa shape index (κ3) is 6.58. The molecule has 0 atom stereocenters. The van der Waals surface area contributed by atoms with Gasteiger partial charge in [0.1, 0.15) is 5.82 Å². The maximum absolute atomic E-state index is 12.5. The number of carbonyl (C=O) groups excluding carboxylic acids is 1. The minimum atomic E-state index is -0.352. The van der Waals surface area contributed by atoms with Crippen LogP contribution in [0.4, 0.5) is 5.82 Å². The highest BCUT2D eigenvalue weighted by molar-refractivity contribution is 5.91. The minimum absolute atomic E-state index is 0.352. The van der Waals surface area contributed by atoms with E-state index in [4.69, 9.17) is 9.72 Å². The van der Waals surface area contributed by atoms with Gasteiger partial charge < -0.3 is 14.5 Å². The van der Waals surface area contributed by atoms with Gasteiger partial charge in [0.15, 0.2) is 0 Å². The molecule has 7 nitrogen and oxygen atoms in total. The fourth-order valence-electron chi connectivity index (χ4n) is 5.14. The Morgan fingerprint density at radius 3 is 2.39 bits per heavy atom. The Labute approximate surface area is 225 Å². The summed E-state index contributed by atoms with van der Waals surface area (Å²) in [6.45, 7) is 7.40. The first-order chi connectivity index (χ1) is 18.6. The average Bonchev–Trinajstić information content (AvgIpc) is 2.98. The van der Waals surface area contributed by atoms with E-state index >= 15 is 0 Å². The van der Waals surface area contributed by atoms with Gasteiger partial charge in [-0.1, -0.05) is 24.0 Å². The molecule has 4 heterocycles. The van der Waals surface area contributed by atoms with Crippen molar-refractivity contribution in [1.82, 2.24) is 19.8 Å². The first-order valence-corrected chi connectivity index (χ1v) is 13.4. The topological polar surface area (TPSA) is 61.8 Å². The monoisotopic (exact) mass is 509 g/mol. The number of pyridine rings is 2. The van der Waals surface area contributed by atoms with Crippen LogP contribution >= 0.6 is 0 Å². The molecule has 2 fully saturated rings. The number of piperidine rings is 1. The van der Waals surface area contributed by atoms with Crippen LogP contribution in [-0.2, 0) is 4.74 Å². The molecular formula is C31H35N5O2. The van der Waals surface area contributed by atoms with E-state index in [0.29, 0.717) is 5.56 Å². The van der Waals surface area contributed by atoms with E-state index in [-0.39, 0.29) is 5.97 Å². The van der Waals surface area contributed by atoms with E-state index in [9.17, 15) is 4.79 Å². The van der Waals surface area contributed by atoms with Crippen LogP contribution in [0.3, 0.4) is 0 Å². The Morgan fingerprint density at radius 2 is 1.71 bits per heavy atom. The lowest BCUT2D eigenvalue weighted by Gasteiger charge is -2.38. The van der Waals surface area contributed by atoms with Crippen molar-refractivity contribution in [3.63, 3.8) is 0 Å². The summed E-state index contributed by atoms with van der Waals surface area (Å²) in [6.07, 6.45) is 6.06. The number of nitrogens with zero attached hydrogens (tertiary/aromatic N) is 5. The largest absolute Gasteiger partial charge is 0.465 e. The minimum Gasteiger partial charge on any atom is -0.465 e. The summed E-state index contributed by atoms with van der Waals surface area (Å²) in [7, 11) is 3.63. The van der Waals surface area contributed by atoms with Gasteiger partial charge in [-0.2, -0.15) is 0 Å². The van der Waals surface area contributed by atoms with Crippen molar-refractivity contribution in [3.05, 3.63) is 77.6 Å². The molecule has 2 saturated heterocycles. The second-order valence-corrected chi connectivity index (χ2v) is 10.2. The van der Waals surface area contributed by atoms with E-state index in [2.05, 4.69) is 38.6 Å². The summed E-state index contributed by atoms with van der Waals surface area (Å²) < 4.78 is 5.05. The first-order valence-electron chi connectivity index (χ1n) is 13.4. The number of aromatic nitrogens is 2. The highest BCUT2D eigenvalue weighted by Crippen LogP contribution is 2.26. The number of methoxy groups -OCH3 is 1. The normalized spacial score (nSPS) is 17.1. The molecule has 1 aromatic carbocycles. The predicted octanol–water partition coefficient (Wildman–Crippen LogP) is 3.79. The molecule has 0 radical (unpaired) electrons. The zero-order valence-electron chi connectivity index (χ0n) is 22.3. The summed E-state index contributed by atoms with van der Waals surface area (Å²) >= 11 is 0. The van der Waals surface area contributed by atoms with Gasteiger partial charge >= 0.3 is 5.97 Å². The summed E-state index contributed by atoms with van der Waals surface area (Å²) in [6, 6.07) is 15.4. The summed E-state index contributed by atoms with van der Waals surface area (Å²) in [5, 5.41) is 0. The Balaban J connectivity index is 1.29. The van der Waals surface area contributed by atoms with Gasteiger partial charge in [-0.15, -0.1) is 0 Å². The summed E-state index contributed by atoms with van der Waals surface area (Å²) in [5.74, 6) is 7.57. The molecule has 196 valence electrons. The van der Waals surface area contributed by atoms with E-state index in [0.717, 1.165) is 60.3 Å². The maximum atomic E-state index is 12.5. The smallest absolute Gasteiger partial charge is 0.338 e. The number of piperazine rings is 1. The molecule has 0 spiro atoms. The fraction of sp³-hybridized carbons (Fsp3) is 0.387. The molecule has 0 N–H and O–H groups in total. The van der Waals surface area contributed by atoms with E-state index in [1.807, 2.05) is 48.5 Å². The van der Waals surface area contributed by atoms with E-state index in [1.54, 1.807) is 12.4 Å². The van der Waals surface area contributed by atoms with Gasteiger partial charge in [0.25, 0.3) is 0 Å². The molecule has 0 saturated carbocycles. The zero-order chi connectivity index (χ0) is 26.3. The van der Waals surface area contributed by atoms with Crippen LogP contribution in [0.1, 0.15) is 34.3 Å². The van der Waals surface area contributed by atoms with E-state index in [1.165, 1.54) is 39.6 Å². The lowest BCUT2D eigenvalue weighted by atomic mass is 9.96. The second-order valence-electron chi connectivity index (χ2n) is 10.2. The predicted molar refractivity (Wildman–Crippen MR) is 150 cm³/mol. The summed E-state index contributed by atoms with van der Waals surface area (Å²) in [4.78, 5) is 28.9. The molecule has 0 bridgehead atoms. The van der Waals surface area contributed by atoms with Crippen LogP contribution in [-0.4, -0.2) is 85.7 Å². The Kier molecular flexibility index (Phi) is 8.32. The van der Waals surface area contributed by atoms with Gasteiger partial charge in [-0.3, -0.25) is 9.88 Å². The van der Waals surface area contributed by atoms with Crippen LogP contribution in [0.5, 0.6) is 0 Å². The number of likely N-dealkylation sites (tertiary alicyclic amines) is 1. The molecule has 2 aromatic heterocycles. The van der Waals surface area contributed by atoms with Crippen molar-refractivity contribution >= 4 is 11.8 Å². The molecule has 3 aromatic rings. The summed E-state index contributed by atoms with van der Waals surface area (Å²) in [5.41, 5.74) is 3.98. The van der Waals surface area contributed by atoms with Crippen LogP contribution < -0.4 is 4.90 Å². The molecule has 2 aliphatic heterocycles. The van der Waals surface area contributed by atoms with Crippen molar-refractivity contribution in [2.75, 3.05) is 64.9 Å². The van der Waals surface area contributed by atoms with Crippen LogP contribution in [0.25, 0.3) is 11.3 Å². The van der Waals surface area contributed by atoms with Crippen molar-refractivity contribution in [2.45, 2.75) is 12.8 Å². The number of hydrogen-bond donors (Lipinski definition) is 0. The molecule has 0 aliphatic carbocycles. The highest BCUT2D eigenvalue weighted by atomic mass is 16.5. The number of hydrogen-bond acceptors (Lipinski definition) is 7. The van der Waals surface area contributed by atoms with Crippen LogP contribution in [0.2, 0.25) is 0 Å². The maximum Gasteiger partial charge on any atom is 0.338 e. The SMILES string of the molecule is COC(=O)c1cc(-c2ccc(C#Cc3cccnc3)cc2)nc(N2CCN(CC3CCN(C)CC3)CC2)c1. The number of anilines is 1. The van der Waals surface area contributed by atoms with Crippen molar-refractivity contribution in [3.8, 4) is 23.1 Å². The van der Waals surface area contributed by atoms with Crippen molar-refractivity contribution in [1.29, 1.82) is 0 Å². The molecule has 38 heavy (non-hydrogen) atoms. The number of esters is 1. The molecule has 2 aliphatic rings. The fourth-order valence-corrected chi connectivity index (χ4v) is 5.14. The lowest BCUT2D eigenvalue weighted by molar-refractivity contribution is 0.0600. The Hall–Kier alpha value is -3.73. The highest BCUT2D eigenvalue weighted by Gasteiger charge is 2.24. The Morgan fingerprint density at radius 1 is 0.974 bits per heavy atom. The quantitative estimate of drug-likeness (QED) is 0.383. The third-order valence-corrected chi connectivity index (χ3v) is 7.48. The average molecular weight is 510 g/mol. The van der Waals surface area contributed by atoms with Gasteiger partial charge in [0.05, 0.1) is 18.4 Å². The Bertz CT molecular complexity index is 1280. The van der Waals surface area contributed by atoms with Gasteiger partial charge in [-0.05, 0) is 75.3 Å². The van der Waals surface area contributed by atoms with Crippen molar-refractivity contribution in [2.24, 2.45) is 5.92 Å². The van der Waals surface area contributed by atoms with Gasteiger partial charge in [0, 0.05) is 61.8 Å². The molecule has 7 heteroatoms. The first kappa shape index (κ1) is 25.9. The van der Waals surface area contributed by atoms with Crippen molar-refractivity contribution < 1.29 is 9.53 Å². The van der Waals surface area contributed by atoms with Gasteiger partial charge in [-0.25, -0.2) is 9.78 Å².